The predicted molar refractivity (Wildman–Crippen MR) is 105 cm³/mol. The molecule has 1 amide bonds. The number of aromatic amines is 1. The quantitative estimate of drug-likeness (QED) is 0.538. The Morgan fingerprint density at radius 3 is 3.08 bits per heavy atom. The summed E-state index contributed by atoms with van der Waals surface area (Å²) in [5, 5.41) is 11.7. The first kappa shape index (κ1) is 19.5. The fourth-order valence-electron chi connectivity index (χ4n) is 3.03. The van der Waals surface area contributed by atoms with E-state index < -0.39 is 0 Å². The summed E-state index contributed by atoms with van der Waals surface area (Å²) >= 11 is 13.8. The number of hydrogen-bond acceptors (Lipinski definition) is 5. The molecular weight excluding hydrogens is 393 g/mol. The van der Waals surface area contributed by atoms with Gasteiger partial charge < -0.3 is 5.32 Å². The van der Waals surface area contributed by atoms with E-state index in [1.807, 2.05) is 12.1 Å². The molecule has 1 aromatic heterocycles. The molecule has 1 saturated heterocycles. The number of amides is 1. The smallest absolute Gasteiger partial charge is 0.224 e. The van der Waals surface area contributed by atoms with E-state index in [1.165, 1.54) is 6.33 Å². The molecule has 2 heterocycles. The highest BCUT2D eigenvalue weighted by Crippen LogP contribution is 2.25. The zero-order valence-electron chi connectivity index (χ0n) is 14.3. The van der Waals surface area contributed by atoms with Gasteiger partial charge in [-0.2, -0.15) is 5.10 Å². The molecule has 0 spiro atoms. The number of aromatic nitrogens is 3. The van der Waals surface area contributed by atoms with Gasteiger partial charge in [-0.3, -0.25) is 14.8 Å². The lowest BCUT2D eigenvalue weighted by Gasteiger charge is -2.32. The van der Waals surface area contributed by atoms with E-state index in [9.17, 15) is 4.79 Å². The summed E-state index contributed by atoms with van der Waals surface area (Å²) in [7, 11) is 0. The fraction of sp³-hybridized carbons (Fsp3) is 0.471. The summed E-state index contributed by atoms with van der Waals surface area (Å²) in [6.07, 6.45) is 3.41. The first-order valence-corrected chi connectivity index (χ1v) is 10.3. The van der Waals surface area contributed by atoms with Crippen LogP contribution in [0, 0.1) is 5.92 Å². The molecule has 1 aliphatic heterocycles. The van der Waals surface area contributed by atoms with Gasteiger partial charge in [0.25, 0.3) is 0 Å². The Morgan fingerprint density at radius 1 is 1.42 bits per heavy atom. The van der Waals surface area contributed by atoms with Gasteiger partial charge in [0.2, 0.25) is 5.91 Å². The normalized spacial score (nSPS) is 18.0. The number of nitrogens with one attached hydrogen (secondary N) is 2. The standard InChI is InChI=1S/C17H21Cl2N5OS/c18-14-4-3-12(15(19)8-14)9-24-6-1-2-13(10-24)16(25)20-5-7-26-17-21-11-22-23-17/h3-4,8,11,13H,1-2,5-7,9-10H2,(H,20,25)(H,21,22,23)/t13-/m0/s1. The number of thioether (sulfide) groups is 1. The lowest BCUT2D eigenvalue weighted by Crippen LogP contribution is -2.43. The second kappa shape index (κ2) is 9.60. The third kappa shape index (κ3) is 5.61. The minimum absolute atomic E-state index is 0.0186. The van der Waals surface area contributed by atoms with Crippen LogP contribution in [-0.4, -0.2) is 51.4 Å². The molecule has 1 aromatic carbocycles. The Labute approximate surface area is 167 Å². The number of piperidine rings is 1. The van der Waals surface area contributed by atoms with Crippen LogP contribution >= 0.6 is 35.0 Å². The van der Waals surface area contributed by atoms with Crippen LogP contribution in [0.4, 0.5) is 0 Å². The highest BCUT2D eigenvalue weighted by Gasteiger charge is 2.25. The van der Waals surface area contributed by atoms with E-state index in [2.05, 4.69) is 25.4 Å². The number of carbonyl (C=O) groups excluding carboxylic acids is 1. The molecule has 9 heteroatoms. The molecule has 3 rings (SSSR count). The Hall–Kier alpha value is -1.28. The third-order valence-electron chi connectivity index (χ3n) is 4.32. The van der Waals surface area contributed by atoms with Gasteiger partial charge in [0.1, 0.15) is 6.33 Å². The number of carbonyl (C=O) groups is 1. The molecule has 0 unspecified atom stereocenters. The van der Waals surface area contributed by atoms with Crippen molar-refractivity contribution in [3.63, 3.8) is 0 Å². The number of nitrogens with zero attached hydrogens (tertiary/aromatic N) is 3. The first-order chi connectivity index (χ1) is 12.6. The van der Waals surface area contributed by atoms with Crippen LogP contribution in [0.5, 0.6) is 0 Å². The summed E-state index contributed by atoms with van der Waals surface area (Å²) in [4.78, 5) is 18.8. The molecule has 1 atom stereocenters. The predicted octanol–water partition coefficient (Wildman–Crippen LogP) is 3.23. The van der Waals surface area contributed by atoms with Crippen LogP contribution in [0.15, 0.2) is 29.7 Å². The van der Waals surface area contributed by atoms with Gasteiger partial charge >= 0.3 is 0 Å². The summed E-state index contributed by atoms with van der Waals surface area (Å²) < 4.78 is 0. The van der Waals surface area contributed by atoms with Gasteiger partial charge in [-0.1, -0.05) is 41.0 Å². The minimum atomic E-state index is 0.0186. The number of likely N-dealkylation sites (tertiary alicyclic amines) is 1. The third-order valence-corrected chi connectivity index (χ3v) is 5.78. The van der Waals surface area contributed by atoms with Crippen molar-refractivity contribution in [2.24, 2.45) is 5.92 Å². The molecule has 140 valence electrons. The monoisotopic (exact) mass is 413 g/mol. The summed E-state index contributed by atoms with van der Waals surface area (Å²) in [6.45, 7) is 3.08. The van der Waals surface area contributed by atoms with Crippen LogP contribution < -0.4 is 5.32 Å². The molecule has 2 N–H and O–H groups in total. The topological polar surface area (TPSA) is 73.9 Å². The maximum Gasteiger partial charge on any atom is 0.224 e. The molecule has 1 aliphatic rings. The number of hydrogen-bond donors (Lipinski definition) is 2. The Kier molecular flexibility index (Phi) is 7.19. The minimum Gasteiger partial charge on any atom is -0.355 e. The molecule has 2 aromatic rings. The van der Waals surface area contributed by atoms with E-state index in [0.717, 1.165) is 48.9 Å². The van der Waals surface area contributed by atoms with Crippen molar-refractivity contribution >= 4 is 40.9 Å². The maximum absolute atomic E-state index is 12.4. The van der Waals surface area contributed by atoms with E-state index in [1.54, 1.807) is 17.8 Å². The van der Waals surface area contributed by atoms with Crippen molar-refractivity contribution in [1.29, 1.82) is 0 Å². The molecule has 26 heavy (non-hydrogen) atoms. The van der Waals surface area contributed by atoms with Crippen LogP contribution in [-0.2, 0) is 11.3 Å². The fourth-order valence-corrected chi connectivity index (χ4v) is 4.14. The van der Waals surface area contributed by atoms with Crippen LogP contribution in [0.3, 0.4) is 0 Å². The highest BCUT2D eigenvalue weighted by molar-refractivity contribution is 7.99. The Balaban J connectivity index is 1.44. The van der Waals surface area contributed by atoms with Gasteiger partial charge in [-0.15, -0.1) is 0 Å². The summed E-state index contributed by atoms with van der Waals surface area (Å²) in [6, 6.07) is 5.57. The zero-order valence-corrected chi connectivity index (χ0v) is 16.6. The number of halogens is 2. The van der Waals surface area contributed by atoms with E-state index >= 15 is 0 Å². The summed E-state index contributed by atoms with van der Waals surface area (Å²) in [5.41, 5.74) is 1.04. The average Bonchev–Trinajstić information content (AvgIpc) is 3.15. The molecule has 6 nitrogen and oxygen atoms in total. The lowest BCUT2D eigenvalue weighted by molar-refractivity contribution is -0.126. The zero-order chi connectivity index (χ0) is 18.4. The Bertz CT molecular complexity index is 728. The van der Waals surface area contributed by atoms with Crippen molar-refractivity contribution in [3.05, 3.63) is 40.1 Å². The molecule has 0 radical (unpaired) electrons. The SMILES string of the molecule is O=C(NCCSc1ncn[nH]1)[C@H]1CCCN(Cc2ccc(Cl)cc2Cl)C1. The van der Waals surface area contributed by atoms with Gasteiger partial charge in [0, 0.05) is 35.4 Å². The van der Waals surface area contributed by atoms with Gasteiger partial charge in [0.05, 0.1) is 5.92 Å². The van der Waals surface area contributed by atoms with Crippen molar-refractivity contribution in [1.82, 2.24) is 25.4 Å². The van der Waals surface area contributed by atoms with E-state index in [4.69, 9.17) is 23.2 Å². The second-order valence-corrected chi connectivity index (χ2v) is 8.17. The van der Waals surface area contributed by atoms with Crippen molar-refractivity contribution in [2.45, 2.75) is 24.5 Å². The molecule has 0 saturated carbocycles. The Morgan fingerprint density at radius 2 is 2.31 bits per heavy atom. The number of H-pyrrole nitrogens is 1. The van der Waals surface area contributed by atoms with Crippen molar-refractivity contribution in [2.75, 3.05) is 25.4 Å². The van der Waals surface area contributed by atoms with Crippen molar-refractivity contribution < 1.29 is 4.79 Å². The van der Waals surface area contributed by atoms with Crippen LogP contribution in [0.1, 0.15) is 18.4 Å². The van der Waals surface area contributed by atoms with Crippen LogP contribution in [0.2, 0.25) is 10.0 Å². The maximum atomic E-state index is 12.4. The van der Waals surface area contributed by atoms with E-state index in [-0.39, 0.29) is 11.8 Å². The van der Waals surface area contributed by atoms with Gasteiger partial charge in [0.15, 0.2) is 5.16 Å². The molecule has 0 aliphatic carbocycles. The molecule has 0 bridgehead atoms. The molecular formula is C17H21Cl2N5OS. The van der Waals surface area contributed by atoms with E-state index in [0.29, 0.717) is 16.6 Å². The number of benzene rings is 1. The van der Waals surface area contributed by atoms with Crippen LogP contribution in [0.25, 0.3) is 0 Å². The lowest BCUT2D eigenvalue weighted by atomic mass is 9.96. The average molecular weight is 414 g/mol. The number of rotatable bonds is 7. The highest BCUT2D eigenvalue weighted by atomic mass is 35.5. The van der Waals surface area contributed by atoms with Gasteiger partial charge in [-0.25, -0.2) is 4.98 Å². The van der Waals surface area contributed by atoms with Gasteiger partial charge in [-0.05, 0) is 37.1 Å². The van der Waals surface area contributed by atoms with Crippen molar-refractivity contribution in [3.8, 4) is 0 Å². The first-order valence-electron chi connectivity index (χ1n) is 8.54. The summed E-state index contributed by atoms with van der Waals surface area (Å²) in [5.74, 6) is 0.901. The largest absolute Gasteiger partial charge is 0.355 e. The second-order valence-electron chi connectivity index (χ2n) is 6.24. The molecule has 1 fully saturated rings.